The first-order valence-electron chi connectivity index (χ1n) is 7.84. The van der Waals surface area contributed by atoms with Gasteiger partial charge in [0.25, 0.3) is 5.95 Å². The van der Waals surface area contributed by atoms with Gasteiger partial charge < -0.3 is 11.2 Å². The molecule has 0 aliphatic carbocycles. The van der Waals surface area contributed by atoms with Gasteiger partial charge in [0.05, 0.1) is 12.0 Å². The maximum Gasteiger partial charge on any atom is 0.264 e. The molecule has 1 aromatic heterocycles. The molecule has 0 bridgehead atoms. The van der Waals surface area contributed by atoms with Crippen LogP contribution in [0.4, 0.5) is 11.6 Å². The molecule has 27 heavy (non-hydrogen) atoms. The van der Waals surface area contributed by atoms with Gasteiger partial charge in [0.1, 0.15) is 0 Å². The molecule has 0 saturated carbocycles. The highest BCUT2D eigenvalue weighted by molar-refractivity contribution is 9.10. The molecule has 3 aromatic rings. The summed E-state index contributed by atoms with van der Waals surface area (Å²) in [4.78, 5) is 12.1. The quantitative estimate of drug-likeness (QED) is 0.223. The normalized spacial score (nSPS) is 10.9. The second kappa shape index (κ2) is 9.19. The number of hydrazone groups is 1. The first-order chi connectivity index (χ1) is 13.1. The van der Waals surface area contributed by atoms with Crippen molar-refractivity contribution < 1.29 is 4.79 Å². The van der Waals surface area contributed by atoms with Crippen LogP contribution in [0, 0.1) is 0 Å². The first kappa shape index (κ1) is 18.9. The van der Waals surface area contributed by atoms with E-state index in [4.69, 9.17) is 5.84 Å². The maximum atomic E-state index is 12.1. The number of carbonyl (C=O) groups is 1. The van der Waals surface area contributed by atoms with Crippen molar-refractivity contribution in [2.24, 2.45) is 5.10 Å². The molecule has 0 radical (unpaired) electrons. The van der Waals surface area contributed by atoms with Crippen LogP contribution in [0.25, 0.3) is 0 Å². The van der Waals surface area contributed by atoms with Crippen LogP contribution in [0.5, 0.6) is 0 Å². The molecule has 3 rings (SSSR count). The summed E-state index contributed by atoms with van der Waals surface area (Å²) in [6.07, 6.45) is 1.65. The second-order valence-electron chi connectivity index (χ2n) is 5.30. The lowest BCUT2D eigenvalue weighted by Gasteiger charge is -2.05. The monoisotopic (exact) mass is 445 g/mol. The Morgan fingerprint density at radius 2 is 2.04 bits per heavy atom. The number of hydrogen-bond acceptors (Lipinski definition) is 7. The zero-order valence-corrected chi connectivity index (χ0v) is 16.4. The molecule has 0 atom stereocenters. The Balaban J connectivity index is 1.52. The molecule has 10 heteroatoms. The second-order valence-corrected chi connectivity index (χ2v) is 7.16. The van der Waals surface area contributed by atoms with E-state index in [2.05, 4.69) is 42.0 Å². The van der Waals surface area contributed by atoms with Crippen LogP contribution >= 0.6 is 27.7 Å². The van der Waals surface area contributed by atoms with Gasteiger partial charge in [0.2, 0.25) is 11.1 Å². The summed E-state index contributed by atoms with van der Waals surface area (Å²) in [5, 5.41) is 15.2. The van der Waals surface area contributed by atoms with E-state index in [9.17, 15) is 4.79 Å². The summed E-state index contributed by atoms with van der Waals surface area (Å²) in [5.41, 5.74) is 4.38. The largest absolute Gasteiger partial charge is 0.334 e. The lowest BCUT2D eigenvalue weighted by atomic mass is 10.2. The van der Waals surface area contributed by atoms with Crippen LogP contribution in [0.1, 0.15) is 5.56 Å². The SMILES string of the molecule is Nn1c(N/N=C/c2ccccc2)nnc1SCC(=O)Nc1cccc(Br)c1. The average molecular weight is 446 g/mol. The molecule has 0 saturated heterocycles. The van der Waals surface area contributed by atoms with Crippen LogP contribution in [0.2, 0.25) is 0 Å². The van der Waals surface area contributed by atoms with Crippen LogP contribution in [-0.4, -0.2) is 32.7 Å². The van der Waals surface area contributed by atoms with Gasteiger partial charge in [-0.1, -0.05) is 64.1 Å². The number of nitrogen functional groups attached to an aromatic ring is 1. The summed E-state index contributed by atoms with van der Waals surface area (Å²) < 4.78 is 2.14. The molecule has 0 fully saturated rings. The van der Waals surface area contributed by atoms with Crippen molar-refractivity contribution in [3.05, 3.63) is 64.6 Å². The molecule has 8 nitrogen and oxygen atoms in total. The topological polar surface area (TPSA) is 110 Å². The van der Waals surface area contributed by atoms with Crippen molar-refractivity contribution in [2.75, 3.05) is 22.3 Å². The summed E-state index contributed by atoms with van der Waals surface area (Å²) in [5.74, 6) is 6.19. The highest BCUT2D eigenvalue weighted by Gasteiger charge is 2.12. The predicted octanol–water partition coefficient (Wildman–Crippen LogP) is 2.93. The van der Waals surface area contributed by atoms with Crippen molar-refractivity contribution in [2.45, 2.75) is 5.16 Å². The summed E-state index contributed by atoms with van der Waals surface area (Å²) in [6, 6.07) is 17.0. The number of rotatable bonds is 7. The van der Waals surface area contributed by atoms with E-state index >= 15 is 0 Å². The number of nitrogens with two attached hydrogens (primary N) is 1. The van der Waals surface area contributed by atoms with E-state index in [0.717, 1.165) is 10.0 Å². The van der Waals surface area contributed by atoms with Crippen LogP contribution in [0.15, 0.2) is 69.3 Å². The van der Waals surface area contributed by atoms with E-state index in [1.807, 2.05) is 54.6 Å². The van der Waals surface area contributed by atoms with E-state index in [1.54, 1.807) is 6.21 Å². The predicted molar refractivity (Wildman–Crippen MR) is 111 cm³/mol. The molecule has 138 valence electrons. The third-order valence-electron chi connectivity index (χ3n) is 3.28. The number of halogens is 1. The van der Waals surface area contributed by atoms with Gasteiger partial charge in [-0.05, 0) is 23.8 Å². The molecule has 0 aliphatic rings. The Labute approximate surface area is 168 Å². The Hall–Kier alpha value is -2.85. The van der Waals surface area contributed by atoms with Gasteiger partial charge >= 0.3 is 0 Å². The number of amides is 1. The van der Waals surface area contributed by atoms with Crippen molar-refractivity contribution >= 4 is 51.4 Å². The molecule has 1 heterocycles. The summed E-state index contributed by atoms with van der Waals surface area (Å²) in [6.45, 7) is 0. The minimum absolute atomic E-state index is 0.148. The Bertz CT molecular complexity index is 945. The minimum Gasteiger partial charge on any atom is -0.334 e. The Morgan fingerprint density at radius 3 is 2.81 bits per heavy atom. The first-order valence-corrected chi connectivity index (χ1v) is 9.62. The zero-order chi connectivity index (χ0) is 19.1. The van der Waals surface area contributed by atoms with Crippen LogP contribution in [0.3, 0.4) is 0 Å². The number of carbonyl (C=O) groups excluding carboxylic acids is 1. The van der Waals surface area contributed by atoms with Crippen LogP contribution in [-0.2, 0) is 4.79 Å². The number of thioether (sulfide) groups is 1. The van der Waals surface area contributed by atoms with Gasteiger partial charge in [-0.25, -0.2) is 10.1 Å². The van der Waals surface area contributed by atoms with Crippen molar-refractivity contribution in [3.8, 4) is 0 Å². The van der Waals surface area contributed by atoms with Gasteiger partial charge in [-0.15, -0.1) is 10.2 Å². The third-order valence-corrected chi connectivity index (χ3v) is 4.72. The zero-order valence-electron chi connectivity index (χ0n) is 14.0. The Kier molecular flexibility index (Phi) is 6.44. The number of nitrogens with zero attached hydrogens (tertiary/aromatic N) is 4. The van der Waals surface area contributed by atoms with E-state index in [0.29, 0.717) is 10.8 Å². The molecule has 2 aromatic carbocycles. The fraction of sp³-hybridized carbons (Fsp3) is 0.0588. The standard InChI is InChI=1S/C17H16BrN7OS/c18-13-7-4-8-14(9-13)21-15(26)11-27-17-24-23-16(25(17)19)22-20-10-12-5-2-1-3-6-12/h1-10H,11,19H2,(H,21,26)(H,22,23)/b20-10+. The lowest BCUT2D eigenvalue weighted by Crippen LogP contribution is -2.16. The number of anilines is 2. The molecular formula is C17H16BrN7OS. The average Bonchev–Trinajstić information content (AvgIpc) is 3.01. The van der Waals surface area contributed by atoms with E-state index in [-0.39, 0.29) is 17.6 Å². The minimum atomic E-state index is -0.169. The van der Waals surface area contributed by atoms with E-state index < -0.39 is 0 Å². The number of benzene rings is 2. The smallest absolute Gasteiger partial charge is 0.264 e. The highest BCUT2D eigenvalue weighted by atomic mass is 79.9. The molecule has 1 amide bonds. The Morgan fingerprint density at radius 1 is 1.22 bits per heavy atom. The maximum absolute atomic E-state index is 12.1. The molecule has 4 N–H and O–H groups in total. The third kappa shape index (κ3) is 5.56. The number of hydrogen-bond donors (Lipinski definition) is 3. The molecular weight excluding hydrogens is 430 g/mol. The molecule has 0 spiro atoms. The number of nitrogens with one attached hydrogen (secondary N) is 2. The highest BCUT2D eigenvalue weighted by Crippen LogP contribution is 2.19. The van der Waals surface area contributed by atoms with Gasteiger partial charge in [0, 0.05) is 10.2 Å². The van der Waals surface area contributed by atoms with Gasteiger partial charge in [-0.3, -0.25) is 4.79 Å². The summed E-state index contributed by atoms with van der Waals surface area (Å²) >= 11 is 4.54. The fourth-order valence-electron chi connectivity index (χ4n) is 2.05. The van der Waals surface area contributed by atoms with Gasteiger partial charge in [-0.2, -0.15) is 5.10 Å². The lowest BCUT2D eigenvalue weighted by molar-refractivity contribution is -0.113. The summed E-state index contributed by atoms with van der Waals surface area (Å²) in [7, 11) is 0. The van der Waals surface area contributed by atoms with Crippen molar-refractivity contribution in [1.29, 1.82) is 0 Å². The van der Waals surface area contributed by atoms with E-state index in [1.165, 1.54) is 16.4 Å². The number of aromatic nitrogens is 3. The van der Waals surface area contributed by atoms with Crippen molar-refractivity contribution in [1.82, 2.24) is 14.9 Å². The van der Waals surface area contributed by atoms with Crippen molar-refractivity contribution in [3.63, 3.8) is 0 Å². The van der Waals surface area contributed by atoms with Gasteiger partial charge in [0.15, 0.2) is 0 Å². The van der Waals surface area contributed by atoms with Crippen LogP contribution < -0.4 is 16.6 Å². The molecule has 0 unspecified atom stereocenters. The molecule has 0 aliphatic heterocycles. The fourth-order valence-corrected chi connectivity index (χ4v) is 3.10.